The van der Waals surface area contributed by atoms with Crippen molar-refractivity contribution >= 4 is 8.32 Å². The normalized spacial score (nSPS) is 22.8. The first-order valence-corrected chi connectivity index (χ1v) is 11.2. The zero-order chi connectivity index (χ0) is 17.9. The van der Waals surface area contributed by atoms with Crippen molar-refractivity contribution in [1.82, 2.24) is 0 Å². The predicted octanol–water partition coefficient (Wildman–Crippen LogP) is 5.76. The maximum atomic E-state index is 10.7. The van der Waals surface area contributed by atoms with Crippen LogP contribution < -0.4 is 0 Å². The van der Waals surface area contributed by atoms with Crippen LogP contribution in [0.15, 0.2) is 17.0 Å². The lowest BCUT2D eigenvalue weighted by Crippen LogP contribution is -2.54. The molecule has 0 amide bonds. The lowest BCUT2D eigenvalue weighted by molar-refractivity contribution is 0.0996. The molecule has 1 aliphatic rings. The fraction of sp³-hybridized carbons (Fsp3) is 0.850. The van der Waals surface area contributed by atoms with E-state index < -0.39 is 8.32 Å². The van der Waals surface area contributed by atoms with E-state index in [0.717, 1.165) is 25.7 Å². The van der Waals surface area contributed by atoms with Crippen LogP contribution >= 0.6 is 0 Å². The van der Waals surface area contributed by atoms with Crippen molar-refractivity contribution in [3.05, 3.63) is 17.0 Å². The number of hydrogen-bond acceptors (Lipinski definition) is 2. The van der Waals surface area contributed by atoms with E-state index in [1.54, 1.807) is 0 Å². The van der Waals surface area contributed by atoms with Gasteiger partial charge < -0.3 is 9.53 Å². The van der Waals surface area contributed by atoms with Gasteiger partial charge in [-0.3, -0.25) is 0 Å². The van der Waals surface area contributed by atoms with E-state index in [2.05, 4.69) is 67.2 Å². The molecule has 134 valence electrons. The van der Waals surface area contributed by atoms with Crippen molar-refractivity contribution in [2.75, 3.05) is 6.61 Å². The van der Waals surface area contributed by atoms with Crippen LogP contribution in [0.3, 0.4) is 0 Å². The fourth-order valence-electron chi connectivity index (χ4n) is 4.34. The quantitative estimate of drug-likeness (QED) is 0.510. The number of hydrogen-bond donors (Lipinski definition) is 1. The maximum absolute atomic E-state index is 10.7. The number of rotatable bonds is 5. The highest BCUT2D eigenvalue weighted by molar-refractivity contribution is 6.86. The molecule has 0 saturated carbocycles. The van der Waals surface area contributed by atoms with Crippen molar-refractivity contribution in [1.29, 1.82) is 0 Å². The Balaban J connectivity index is 3.48. The van der Waals surface area contributed by atoms with Crippen LogP contribution in [-0.4, -0.2) is 26.1 Å². The third kappa shape index (κ3) is 4.01. The molecule has 0 aliphatic carbocycles. The smallest absolute Gasteiger partial charge is 0.238 e. The molecule has 0 aromatic heterocycles. The monoisotopic (exact) mass is 338 g/mol. The average Bonchev–Trinajstić information content (AvgIpc) is 2.79. The zero-order valence-electron chi connectivity index (χ0n) is 16.6. The van der Waals surface area contributed by atoms with Gasteiger partial charge in [0.2, 0.25) is 8.32 Å². The van der Waals surface area contributed by atoms with Crippen molar-refractivity contribution < 1.29 is 9.53 Å². The summed E-state index contributed by atoms with van der Waals surface area (Å²) >= 11 is 0. The lowest BCUT2D eigenvalue weighted by atomic mass is 9.99. The van der Waals surface area contributed by atoms with E-state index in [1.807, 2.05) is 0 Å². The molecule has 0 aromatic carbocycles. The Bertz CT molecular complexity index is 433. The van der Waals surface area contributed by atoms with Crippen molar-refractivity contribution in [3.8, 4) is 0 Å². The second-order valence-electron chi connectivity index (χ2n) is 9.01. The summed E-state index contributed by atoms with van der Waals surface area (Å²) in [4.78, 5) is 0. The number of aliphatic hydroxyl groups is 1. The first-order chi connectivity index (χ1) is 10.5. The molecule has 1 N–H and O–H groups in total. The summed E-state index contributed by atoms with van der Waals surface area (Å²) in [6.45, 7) is 18.8. The minimum atomic E-state index is -2.26. The van der Waals surface area contributed by atoms with Gasteiger partial charge in [0.05, 0.1) is 6.10 Å². The molecule has 1 aliphatic heterocycles. The summed E-state index contributed by atoms with van der Waals surface area (Å²) in [5.41, 5.74) is 3.64. The molecule has 1 saturated heterocycles. The Morgan fingerprint density at radius 3 is 2.17 bits per heavy atom. The SMILES string of the molecule is CCCC=C=C1[C@@H]([C@H](O)CCC)CO[Si]1(C(C)(C)C)C(C)(C)C. The van der Waals surface area contributed by atoms with Gasteiger partial charge in [-0.2, -0.15) is 0 Å². The highest BCUT2D eigenvalue weighted by Gasteiger charge is 2.63. The van der Waals surface area contributed by atoms with E-state index in [1.165, 1.54) is 5.20 Å². The third-order valence-corrected chi connectivity index (χ3v) is 11.2. The van der Waals surface area contributed by atoms with E-state index in [4.69, 9.17) is 4.43 Å². The van der Waals surface area contributed by atoms with Gasteiger partial charge in [0.25, 0.3) is 0 Å². The first-order valence-electron chi connectivity index (χ1n) is 9.30. The molecule has 0 unspecified atom stereocenters. The highest BCUT2D eigenvalue weighted by Crippen LogP contribution is 2.59. The summed E-state index contributed by atoms with van der Waals surface area (Å²) in [7, 11) is -2.26. The Labute approximate surface area is 145 Å². The minimum Gasteiger partial charge on any atom is -0.410 e. The number of aliphatic hydroxyl groups excluding tert-OH is 1. The average molecular weight is 339 g/mol. The standard InChI is InChI=1S/C20H38O2Si/c1-9-11-12-14-18-16(17(21)13-10-2)15-22-23(18,19(3,4)5)20(6,7)8/h12,16-17,21H,9-11,13,15H2,1-8H3/t14?,16-,17-/m1/s1. The second-order valence-corrected chi connectivity index (χ2v) is 14.2. The van der Waals surface area contributed by atoms with Gasteiger partial charge >= 0.3 is 0 Å². The van der Waals surface area contributed by atoms with Gasteiger partial charge in [-0.1, -0.05) is 68.2 Å². The molecule has 1 fully saturated rings. The van der Waals surface area contributed by atoms with Crippen LogP contribution in [0.1, 0.15) is 81.1 Å². The molecule has 2 nitrogen and oxygen atoms in total. The molecule has 0 radical (unpaired) electrons. The van der Waals surface area contributed by atoms with Gasteiger partial charge in [0, 0.05) is 12.5 Å². The molecule has 1 rings (SSSR count). The molecule has 23 heavy (non-hydrogen) atoms. The molecule has 0 spiro atoms. The largest absolute Gasteiger partial charge is 0.410 e. The zero-order valence-corrected chi connectivity index (χ0v) is 17.6. The van der Waals surface area contributed by atoms with Crippen LogP contribution in [0.2, 0.25) is 10.1 Å². The van der Waals surface area contributed by atoms with Gasteiger partial charge in [-0.05, 0) is 34.2 Å². The second kappa shape index (κ2) is 7.69. The fourth-order valence-corrected chi connectivity index (χ4v) is 10.8. The first kappa shape index (κ1) is 20.7. The van der Waals surface area contributed by atoms with Crippen molar-refractivity contribution in [2.24, 2.45) is 5.92 Å². The summed E-state index contributed by atoms with van der Waals surface area (Å²) in [6, 6.07) is 0. The maximum Gasteiger partial charge on any atom is 0.238 e. The van der Waals surface area contributed by atoms with Gasteiger partial charge in [0.15, 0.2) is 0 Å². The summed E-state index contributed by atoms with van der Waals surface area (Å²) in [6.07, 6.45) is 5.88. The summed E-state index contributed by atoms with van der Waals surface area (Å²) in [5.74, 6) is 0.119. The minimum absolute atomic E-state index is 0.0777. The van der Waals surface area contributed by atoms with Gasteiger partial charge in [-0.15, -0.1) is 5.73 Å². The van der Waals surface area contributed by atoms with E-state index in [9.17, 15) is 5.11 Å². The topological polar surface area (TPSA) is 29.5 Å². The summed E-state index contributed by atoms with van der Waals surface area (Å²) in [5, 5.41) is 12.2. The molecule has 1 heterocycles. The predicted molar refractivity (Wildman–Crippen MR) is 102 cm³/mol. The van der Waals surface area contributed by atoms with Gasteiger partial charge in [0.1, 0.15) is 0 Å². The van der Waals surface area contributed by atoms with E-state index in [0.29, 0.717) is 6.61 Å². The summed E-state index contributed by atoms with van der Waals surface area (Å²) < 4.78 is 6.65. The molecule has 0 bridgehead atoms. The molecular weight excluding hydrogens is 300 g/mol. The van der Waals surface area contributed by atoms with Crippen LogP contribution in [0.25, 0.3) is 0 Å². The third-order valence-electron chi connectivity index (χ3n) is 5.08. The van der Waals surface area contributed by atoms with Crippen LogP contribution in [0.5, 0.6) is 0 Å². The number of unbranched alkanes of at least 4 members (excludes halogenated alkanes) is 1. The van der Waals surface area contributed by atoms with E-state index in [-0.39, 0.29) is 22.1 Å². The Kier molecular flexibility index (Phi) is 6.92. The molecular formula is C20H38O2Si. The van der Waals surface area contributed by atoms with Crippen LogP contribution in [0, 0.1) is 5.92 Å². The van der Waals surface area contributed by atoms with Crippen molar-refractivity contribution in [3.63, 3.8) is 0 Å². The van der Waals surface area contributed by atoms with Crippen LogP contribution in [-0.2, 0) is 4.43 Å². The Morgan fingerprint density at radius 2 is 1.74 bits per heavy atom. The van der Waals surface area contributed by atoms with Crippen LogP contribution in [0.4, 0.5) is 0 Å². The van der Waals surface area contributed by atoms with Gasteiger partial charge in [-0.25, -0.2) is 0 Å². The van der Waals surface area contributed by atoms with E-state index >= 15 is 0 Å². The molecule has 0 aromatic rings. The molecule has 2 atom stereocenters. The lowest BCUT2D eigenvalue weighted by Gasteiger charge is -2.48. The Morgan fingerprint density at radius 1 is 1.17 bits per heavy atom. The highest BCUT2D eigenvalue weighted by atomic mass is 28.4. The Hall–Kier alpha value is -0.343. The molecule has 3 heteroatoms. The van der Waals surface area contributed by atoms with Crippen molar-refractivity contribution in [2.45, 2.75) is 97.3 Å².